The molecule has 1 aromatic carbocycles. The van der Waals surface area contributed by atoms with Gasteiger partial charge < -0.3 is 10.4 Å². The van der Waals surface area contributed by atoms with Crippen molar-refractivity contribution in [3.63, 3.8) is 0 Å². The molecule has 1 fully saturated rings. The number of hydrogen-bond acceptors (Lipinski definition) is 3. The number of rotatable bonds is 3. The average molecular weight is 286 g/mol. The van der Waals surface area contributed by atoms with Crippen molar-refractivity contribution in [3.05, 3.63) is 28.8 Å². The number of amides is 1. The third-order valence-corrected chi connectivity index (χ3v) is 4.66. The van der Waals surface area contributed by atoms with E-state index in [1.165, 1.54) is 12.1 Å². The quantitative estimate of drug-likeness (QED) is 0.897. The Bertz CT molecular complexity index is 453. The van der Waals surface area contributed by atoms with Gasteiger partial charge in [-0.3, -0.25) is 4.79 Å². The summed E-state index contributed by atoms with van der Waals surface area (Å²) in [7, 11) is 0. The van der Waals surface area contributed by atoms with E-state index in [4.69, 9.17) is 11.6 Å². The van der Waals surface area contributed by atoms with Crippen molar-refractivity contribution in [2.75, 3.05) is 6.26 Å². The van der Waals surface area contributed by atoms with E-state index in [0.717, 1.165) is 19.3 Å². The lowest BCUT2D eigenvalue weighted by molar-refractivity contribution is 0.0938. The number of hydrogen-bond donors (Lipinski definition) is 2. The Morgan fingerprint density at radius 2 is 2.28 bits per heavy atom. The Kier molecular flexibility index (Phi) is 4.40. The molecule has 1 amide bonds. The molecule has 2 unspecified atom stereocenters. The van der Waals surface area contributed by atoms with Crippen LogP contribution in [-0.2, 0) is 0 Å². The molecular formula is C13H16ClNO2S. The first kappa shape index (κ1) is 13.6. The number of thioether (sulfide) groups is 1. The Morgan fingerprint density at radius 1 is 1.50 bits per heavy atom. The summed E-state index contributed by atoms with van der Waals surface area (Å²) in [5.74, 6) is -0.125. The molecular weight excluding hydrogens is 270 g/mol. The molecule has 2 N–H and O–H groups in total. The summed E-state index contributed by atoms with van der Waals surface area (Å²) in [5.41, 5.74) is 0.491. The highest BCUT2D eigenvalue weighted by atomic mass is 35.5. The Balaban J connectivity index is 1.97. The minimum Gasteiger partial charge on any atom is -0.506 e. The van der Waals surface area contributed by atoms with E-state index in [0.29, 0.717) is 10.8 Å². The van der Waals surface area contributed by atoms with Gasteiger partial charge in [0.2, 0.25) is 0 Å². The van der Waals surface area contributed by atoms with E-state index >= 15 is 0 Å². The summed E-state index contributed by atoms with van der Waals surface area (Å²) in [4.78, 5) is 12.0. The minimum absolute atomic E-state index is 0.00321. The van der Waals surface area contributed by atoms with Gasteiger partial charge in [-0.2, -0.15) is 11.8 Å². The van der Waals surface area contributed by atoms with Crippen LogP contribution in [-0.4, -0.2) is 28.6 Å². The first-order valence-corrected chi connectivity index (χ1v) is 7.59. The molecule has 1 aliphatic carbocycles. The molecule has 0 radical (unpaired) electrons. The Morgan fingerprint density at radius 3 is 2.89 bits per heavy atom. The molecule has 0 saturated heterocycles. The van der Waals surface area contributed by atoms with Crippen LogP contribution in [0.1, 0.15) is 29.6 Å². The predicted molar refractivity (Wildman–Crippen MR) is 75.5 cm³/mol. The maximum absolute atomic E-state index is 12.0. The molecule has 0 aliphatic heterocycles. The van der Waals surface area contributed by atoms with Gasteiger partial charge in [0.05, 0.1) is 5.02 Å². The maximum atomic E-state index is 12.0. The van der Waals surface area contributed by atoms with Crippen LogP contribution in [0.15, 0.2) is 18.2 Å². The molecule has 1 aromatic rings. The summed E-state index contributed by atoms with van der Waals surface area (Å²) in [6, 6.07) is 4.77. The van der Waals surface area contributed by atoms with Crippen molar-refractivity contribution in [1.29, 1.82) is 0 Å². The largest absolute Gasteiger partial charge is 0.506 e. The average Bonchev–Trinajstić information content (AvgIpc) is 2.80. The summed E-state index contributed by atoms with van der Waals surface area (Å²) >= 11 is 7.64. The van der Waals surface area contributed by atoms with Crippen LogP contribution in [0.25, 0.3) is 0 Å². The fraction of sp³-hybridized carbons (Fsp3) is 0.462. The molecule has 18 heavy (non-hydrogen) atoms. The van der Waals surface area contributed by atoms with Gasteiger partial charge in [-0.15, -0.1) is 0 Å². The second-order valence-corrected chi connectivity index (χ2v) is 6.05. The van der Waals surface area contributed by atoms with Gasteiger partial charge in [0.15, 0.2) is 0 Å². The monoisotopic (exact) mass is 285 g/mol. The molecule has 1 saturated carbocycles. The van der Waals surface area contributed by atoms with Crippen molar-refractivity contribution in [3.8, 4) is 5.75 Å². The predicted octanol–water partition coefficient (Wildman–Crippen LogP) is 3.06. The Labute approximate surface area is 116 Å². The number of nitrogens with one attached hydrogen (secondary N) is 1. The number of carbonyl (C=O) groups excluding carboxylic acids is 1. The van der Waals surface area contributed by atoms with Crippen molar-refractivity contribution < 1.29 is 9.90 Å². The van der Waals surface area contributed by atoms with Gasteiger partial charge in [0.25, 0.3) is 5.91 Å². The fourth-order valence-corrected chi connectivity index (χ4v) is 3.18. The van der Waals surface area contributed by atoms with Gasteiger partial charge in [0.1, 0.15) is 5.75 Å². The van der Waals surface area contributed by atoms with Crippen molar-refractivity contribution >= 4 is 29.3 Å². The van der Waals surface area contributed by atoms with Crippen molar-refractivity contribution in [1.82, 2.24) is 5.32 Å². The number of halogens is 1. The summed E-state index contributed by atoms with van der Waals surface area (Å²) in [6.07, 6.45) is 5.32. The fourth-order valence-electron chi connectivity index (χ4n) is 2.20. The van der Waals surface area contributed by atoms with E-state index in [2.05, 4.69) is 11.6 Å². The highest BCUT2D eigenvalue weighted by molar-refractivity contribution is 7.99. The van der Waals surface area contributed by atoms with Gasteiger partial charge >= 0.3 is 0 Å². The van der Waals surface area contributed by atoms with Gasteiger partial charge in [0, 0.05) is 16.9 Å². The van der Waals surface area contributed by atoms with Gasteiger partial charge in [-0.1, -0.05) is 11.6 Å². The van der Waals surface area contributed by atoms with E-state index in [1.54, 1.807) is 6.07 Å². The lowest BCUT2D eigenvalue weighted by atomic mass is 10.1. The first-order valence-electron chi connectivity index (χ1n) is 5.92. The minimum atomic E-state index is -0.122. The van der Waals surface area contributed by atoms with Gasteiger partial charge in [-0.05, 0) is 43.7 Å². The van der Waals surface area contributed by atoms with E-state index in [9.17, 15) is 9.90 Å². The topological polar surface area (TPSA) is 49.3 Å². The van der Waals surface area contributed by atoms with Crippen LogP contribution < -0.4 is 5.32 Å². The van der Waals surface area contributed by atoms with E-state index in [-0.39, 0.29) is 22.7 Å². The third kappa shape index (κ3) is 3.12. The lowest BCUT2D eigenvalue weighted by Gasteiger charge is -2.13. The van der Waals surface area contributed by atoms with Crippen LogP contribution in [0.5, 0.6) is 5.75 Å². The van der Waals surface area contributed by atoms with Crippen molar-refractivity contribution in [2.45, 2.75) is 30.6 Å². The van der Waals surface area contributed by atoms with Crippen LogP contribution in [0.4, 0.5) is 0 Å². The third-order valence-electron chi connectivity index (χ3n) is 3.26. The molecule has 98 valence electrons. The molecule has 0 spiro atoms. The second-order valence-electron chi connectivity index (χ2n) is 4.51. The first-order chi connectivity index (χ1) is 8.60. The normalized spacial score (nSPS) is 23.0. The summed E-state index contributed by atoms with van der Waals surface area (Å²) in [5, 5.41) is 13.2. The number of phenolic OH excluding ortho intramolecular Hbond substituents is 1. The molecule has 1 aliphatic rings. The molecule has 0 bridgehead atoms. The Hall–Kier alpha value is -0.870. The number of phenols is 1. The number of carbonyl (C=O) groups is 1. The molecule has 0 heterocycles. The lowest BCUT2D eigenvalue weighted by Crippen LogP contribution is -2.33. The molecule has 2 atom stereocenters. The zero-order valence-electron chi connectivity index (χ0n) is 10.1. The zero-order valence-corrected chi connectivity index (χ0v) is 11.7. The van der Waals surface area contributed by atoms with Crippen LogP contribution in [0.3, 0.4) is 0 Å². The number of aromatic hydroxyl groups is 1. The molecule has 0 aromatic heterocycles. The summed E-state index contributed by atoms with van der Waals surface area (Å²) < 4.78 is 0. The highest BCUT2D eigenvalue weighted by Crippen LogP contribution is 2.28. The second kappa shape index (κ2) is 5.85. The standard InChI is InChI=1S/C13H16ClNO2S/c1-18-10-4-3-9(7-10)15-13(17)8-2-5-12(16)11(14)6-8/h2,5-6,9-10,16H,3-4,7H2,1H3,(H,15,17). The molecule has 2 rings (SSSR count). The zero-order chi connectivity index (χ0) is 13.1. The van der Waals surface area contributed by atoms with Crippen LogP contribution in [0.2, 0.25) is 5.02 Å². The van der Waals surface area contributed by atoms with Crippen LogP contribution in [0, 0.1) is 0 Å². The van der Waals surface area contributed by atoms with Crippen molar-refractivity contribution in [2.24, 2.45) is 0 Å². The van der Waals surface area contributed by atoms with E-state index < -0.39 is 0 Å². The highest BCUT2D eigenvalue weighted by Gasteiger charge is 2.25. The van der Waals surface area contributed by atoms with E-state index in [1.807, 2.05) is 11.8 Å². The summed E-state index contributed by atoms with van der Waals surface area (Å²) in [6.45, 7) is 0. The van der Waals surface area contributed by atoms with Gasteiger partial charge in [-0.25, -0.2) is 0 Å². The van der Waals surface area contributed by atoms with Crippen LogP contribution >= 0.6 is 23.4 Å². The number of benzene rings is 1. The SMILES string of the molecule is CSC1CCC(NC(=O)c2ccc(O)c(Cl)c2)C1. The molecule has 5 heteroatoms. The molecule has 3 nitrogen and oxygen atoms in total. The maximum Gasteiger partial charge on any atom is 0.251 e. The smallest absolute Gasteiger partial charge is 0.251 e.